The van der Waals surface area contributed by atoms with Crippen molar-refractivity contribution >= 4 is 33.4 Å². The van der Waals surface area contributed by atoms with Gasteiger partial charge in [0.15, 0.2) is 0 Å². The second-order valence-corrected chi connectivity index (χ2v) is 8.23. The Labute approximate surface area is 199 Å². The molecule has 1 unspecified atom stereocenters. The van der Waals surface area contributed by atoms with Crippen LogP contribution in [-0.2, 0) is 16.1 Å². The molecule has 0 spiro atoms. The molecule has 2 heterocycles. The molecule has 1 aliphatic heterocycles. The first kappa shape index (κ1) is 22.5. The number of pyridine rings is 1. The van der Waals surface area contributed by atoms with Crippen LogP contribution in [0.4, 0.5) is 0 Å². The number of rotatable bonds is 6. The summed E-state index contributed by atoms with van der Waals surface area (Å²) in [6, 6.07) is 14.8. The third-order valence-electron chi connectivity index (χ3n) is 5.50. The average Bonchev–Trinajstić information content (AvgIpc) is 3.09. The molecule has 1 aromatic heterocycles. The van der Waals surface area contributed by atoms with E-state index in [-0.39, 0.29) is 17.9 Å². The van der Waals surface area contributed by atoms with Crippen molar-refractivity contribution in [2.75, 3.05) is 14.2 Å². The Balaban J connectivity index is 1.90. The van der Waals surface area contributed by atoms with Crippen LogP contribution in [0, 0.1) is 0 Å². The van der Waals surface area contributed by atoms with E-state index in [9.17, 15) is 14.7 Å². The fourth-order valence-electron chi connectivity index (χ4n) is 3.91. The predicted octanol–water partition coefficient (Wildman–Crippen LogP) is 4.48. The van der Waals surface area contributed by atoms with Gasteiger partial charge in [0.25, 0.3) is 11.7 Å². The minimum absolute atomic E-state index is 0.00405. The third kappa shape index (κ3) is 4.21. The maximum absolute atomic E-state index is 13.2. The minimum atomic E-state index is -0.838. The highest BCUT2D eigenvalue weighted by Crippen LogP contribution is 2.43. The molecule has 168 valence electrons. The number of ether oxygens (including phenoxy) is 2. The van der Waals surface area contributed by atoms with Gasteiger partial charge >= 0.3 is 0 Å². The Bertz CT molecular complexity index is 1240. The number of nitrogens with zero attached hydrogens (tertiary/aromatic N) is 2. The van der Waals surface area contributed by atoms with Crippen LogP contribution < -0.4 is 9.47 Å². The maximum atomic E-state index is 13.2. The number of benzene rings is 2. The predicted molar refractivity (Wildman–Crippen MR) is 126 cm³/mol. The lowest BCUT2D eigenvalue weighted by Gasteiger charge is -2.26. The summed E-state index contributed by atoms with van der Waals surface area (Å²) >= 11 is 3.40. The molecular weight excluding hydrogens is 488 g/mol. The summed E-state index contributed by atoms with van der Waals surface area (Å²) in [5.41, 5.74) is 1.78. The molecule has 1 N–H and O–H groups in total. The number of aliphatic hydroxyl groups is 1. The zero-order valence-electron chi connectivity index (χ0n) is 18.0. The first-order valence-corrected chi connectivity index (χ1v) is 10.9. The first-order valence-electron chi connectivity index (χ1n) is 10.1. The monoisotopic (exact) mass is 508 g/mol. The van der Waals surface area contributed by atoms with Gasteiger partial charge in [0.1, 0.15) is 17.3 Å². The molecule has 0 radical (unpaired) electrons. The fraction of sp³-hybridized carbons (Fsp3) is 0.160. The summed E-state index contributed by atoms with van der Waals surface area (Å²) in [5.74, 6) is -0.650. The van der Waals surface area contributed by atoms with Crippen molar-refractivity contribution < 1.29 is 24.2 Å². The number of para-hydroxylation sites is 1. The molecule has 7 nitrogen and oxygen atoms in total. The van der Waals surface area contributed by atoms with Crippen LogP contribution in [0.25, 0.3) is 5.76 Å². The van der Waals surface area contributed by atoms with Gasteiger partial charge in [0.05, 0.1) is 30.3 Å². The lowest BCUT2D eigenvalue weighted by atomic mass is 9.94. The van der Waals surface area contributed by atoms with Gasteiger partial charge in [-0.25, -0.2) is 0 Å². The second-order valence-electron chi connectivity index (χ2n) is 7.37. The molecule has 33 heavy (non-hydrogen) atoms. The number of carbonyl (C=O) groups excluding carboxylic acids is 2. The van der Waals surface area contributed by atoms with E-state index in [2.05, 4.69) is 20.9 Å². The van der Waals surface area contributed by atoms with Crippen LogP contribution in [0.2, 0.25) is 0 Å². The van der Waals surface area contributed by atoms with E-state index in [0.717, 1.165) is 5.56 Å². The number of amides is 1. The number of hydrogen-bond acceptors (Lipinski definition) is 6. The van der Waals surface area contributed by atoms with Gasteiger partial charge in [-0.05, 0) is 57.9 Å². The van der Waals surface area contributed by atoms with Crippen molar-refractivity contribution in [3.05, 3.63) is 93.7 Å². The van der Waals surface area contributed by atoms with Gasteiger partial charge in [-0.2, -0.15) is 0 Å². The Kier molecular flexibility index (Phi) is 6.46. The van der Waals surface area contributed by atoms with Gasteiger partial charge < -0.3 is 19.5 Å². The largest absolute Gasteiger partial charge is 0.507 e. The summed E-state index contributed by atoms with van der Waals surface area (Å²) in [6.07, 6.45) is 3.25. The standard InChI is InChI=1S/C25H21BrN2O5/c1-32-19-6-4-3-5-17(19)22-21(23(29)16-7-8-20(33-2)18(26)13-16)24(30)25(31)28(22)14-15-9-11-27-12-10-15/h3-13,22,29H,14H2,1-2H3/b23-21+. The number of halogens is 1. The van der Waals surface area contributed by atoms with Gasteiger partial charge in [-0.3, -0.25) is 14.6 Å². The highest BCUT2D eigenvalue weighted by atomic mass is 79.9. The molecule has 0 bridgehead atoms. The van der Waals surface area contributed by atoms with Crippen molar-refractivity contribution in [3.63, 3.8) is 0 Å². The van der Waals surface area contributed by atoms with Crippen LogP contribution >= 0.6 is 15.9 Å². The Morgan fingerprint density at radius 2 is 1.73 bits per heavy atom. The number of ketones is 1. The second kappa shape index (κ2) is 9.46. The molecule has 1 aliphatic rings. The Morgan fingerprint density at radius 1 is 1.03 bits per heavy atom. The number of aliphatic hydroxyl groups excluding tert-OH is 1. The smallest absolute Gasteiger partial charge is 0.295 e. The lowest BCUT2D eigenvalue weighted by molar-refractivity contribution is -0.140. The van der Waals surface area contributed by atoms with E-state index in [4.69, 9.17) is 9.47 Å². The van der Waals surface area contributed by atoms with Crippen LogP contribution in [0.5, 0.6) is 11.5 Å². The number of Topliss-reactive ketones (excluding diaryl/α,β-unsaturated/α-hetero) is 1. The zero-order valence-corrected chi connectivity index (χ0v) is 19.6. The molecule has 0 aliphatic carbocycles. The molecule has 4 rings (SSSR count). The van der Waals surface area contributed by atoms with E-state index in [0.29, 0.717) is 27.1 Å². The molecule has 3 aromatic rings. The molecule has 0 saturated carbocycles. The third-order valence-corrected chi connectivity index (χ3v) is 6.12. The van der Waals surface area contributed by atoms with Crippen LogP contribution in [0.3, 0.4) is 0 Å². The topological polar surface area (TPSA) is 89.0 Å². The summed E-state index contributed by atoms with van der Waals surface area (Å²) in [4.78, 5) is 31.8. The van der Waals surface area contributed by atoms with Gasteiger partial charge in [-0.1, -0.05) is 18.2 Å². The number of methoxy groups -OCH3 is 2. The van der Waals surface area contributed by atoms with Gasteiger partial charge in [0, 0.05) is 30.1 Å². The van der Waals surface area contributed by atoms with Crippen molar-refractivity contribution in [1.29, 1.82) is 0 Å². The van der Waals surface area contributed by atoms with E-state index >= 15 is 0 Å². The molecule has 8 heteroatoms. The highest BCUT2D eigenvalue weighted by Gasteiger charge is 2.47. The number of carbonyl (C=O) groups is 2. The lowest BCUT2D eigenvalue weighted by Crippen LogP contribution is -2.29. The maximum Gasteiger partial charge on any atom is 0.295 e. The Morgan fingerprint density at radius 3 is 2.39 bits per heavy atom. The summed E-state index contributed by atoms with van der Waals surface area (Å²) in [7, 11) is 3.06. The van der Waals surface area contributed by atoms with Crippen molar-refractivity contribution in [3.8, 4) is 11.5 Å². The SMILES string of the molecule is COc1ccc(/C(O)=C2\C(=O)C(=O)N(Cc3ccncc3)C2c2ccccc2OC)cc1Br. The van der Waals surface area contributed by atoms with E-state index < -0.39 is 17.7 Å². The molecule has 1 fully saturated rings. The van der Waals surface area contributed by atoms with Crippen molar-refractivity contribution in [2.45, 2.75) is 12.6 Å². The number of hydrogen-bond donors (Lipinski definition) is 1. The first-order chi connectivity index (χ1) is 16.0. The zero-order chi connectivity index (χ0) is 23.5. The number of likely N-dealkylation sites (tertiary alicyclic amines) is 1. The molecule has 1 atom stereocenters. The minimum Gasteiger partial charge on any atom is -0.507 e. The van der Waals surface area contributed by atoms with E-state index in [1.807, 2.05) is 0 Å². The highest BCUT2D eigenvalue weighted by molar-refractivity contribution is 9.10. The van der Waals surface area contributed by atoms with E-state index in [1.54, 1.807) is 67.0 Å². The van der Waals surface area contributed by atoms with Gasteiger partial charge in [0.2, 0.25) is 0 Å². The Hall–Kier alpha value is -3.65. The summed E-state index contributed by atoms with van der Waals surface area (Å²) in [6.45, 7) is 0.166. The van der Waals surface area contributed by atoms with E-state index in [1.165, 1.54) is 19.1 Å². The molecule has 1 saturated heterocycles. The van der Waals surface area contributed by atoms with Crippen molar-refractivity contribution in [2.24, 2.45) is 0 Å². The summed E-state index contributed by atoms with van der Waals surface area (Å²) in [5, 5.41) is 11.2. The summed E-state index contributed by atoms with van der Waals surface area (Å²) < 4.78 is 11.4. The average molecular weight is 509 g/mol. The molecule has 1 amide bonds. The fourth-order valence-corrected chi connectivity index (χ4v) is 4.45. The van der Waals surface area contributed by atoms with Crippen LogP contribution in [0.1, 0.15) is 22.7 Å². The normalized spacial score (nSPS) is 17.3. The number of aromatic nitrogens is 1. The molecular formula is C25H21BrN2O5. The molecule has 2 aromatic carbocycles. The van der Waals surface area contributed by atoms with Crippen molar-refractivity contribution in [1.82, 2.24) is 9.88 Å². The van der Waals surface area contributed by atoms with Crippen LogP contribution in [0.15, 0.2) is 77.0 Å². The van der Waals surface area contributed by atoms with Gasteiger partial charge in [-0.15, -0.1) is 0 Å². The quantitative estimate of drug-likeness (QED) is 0.300. The van der Waals surface area contributed by atoms with Crippen LogP contribution in [-0.4, -0.2) is 40.9 Å².